The zero-order valence-electron chi connectivity index (χ0n) is 28.8. The fourth-order valence-electron chi connectivity index (χ4n) is 7.79. The maximum atomic E-state index is 14.9. The quantitative estimate of drug-likeness (QED) is 0.136. The van der Waals surface area contributed by atoms with Gasteiger partial charge in [0.05, 0.1) is 37.1 Å². The number of ether oxygens (including phenoxy) is 2. The molecule has 50 heavy (non-hydrogen) atoms. The van der Waals surface area contributed by atoms with Crippen molar-refractivity contribution >= 4 is 39.6 Å². The Labute approximate surface area is 303 Å². The lowest BCUT2D eigenvalue weighted by Crippen LogP contribution is -2.59. The largest absolute Gasteiger partial charge is 0.455 e. The minimum atomic E-state index is -1.34. The summed E-state index contributed by atoms with van der Waals surface area (Å²) in [6.07, 6.45) is 3.49. The Hall–Kier alpha value is -3.80. The monoisotopic (exact) mass is 749 g/mol. The molecular formula is C39H48BrN3O7. The molecule has 0 saturated carbocycles. The number of aliphatic hydroxyl groups is 1. The zero-order chi connectivity index (χ0) is 36.0. The number of aliphatic hydroxyl groups excluding tert-OH is 1. The van der Waals surface area contributed by atoms with Gasteiger partial charge in [-0.25, -0.2) is 0 Å². The van der Waals surface area contributed by atoms with E-state index in [-0.39, 0.29) is 55.2 Å². The van der Waals surface area contributed by atoms with E-state index < -0.39 is 53.6 Å². The standard InChI is InChI=1S/C39H48BrN3O7/c1-5-8-19-31(45)41-22-30(27-17-13-10-14-18-27)49-38(48)32-33-36(46)43(29(24-44)25(4)7-3)35(39(33)21-28(40)34(32)50-39)37(47)42(20-6-2)23-26-15-11-9-12-16-26/h5-6,9-18,25,28-30,32-35,44H,1-2,7-8,19-24H2,3-4H3,(H,41,45)/t25-,28?,29-,30+,32+,33-,34+,35+,39-/m0/s1. The molecule has 2 bridgehead atoms. The fraction of sp³-hybridized carbons (Fsp3) is 0.487. The molecule has 0 radical (unpaired) electrons. The first-order valence-electron chi connectivity index (χ1n) is 17.4. The van der Waals surface area contributed by atoms with E-state index in [0.717, 1.165) is 5.56 Å². The highest BCUT2D eigenvalue weighted by Gasteiger charge is 2.77. The molecule has 11 heteroatoms. The van der Waals surface area contributed by atoms with Gasteiger partial charge in [-0.1, -0.05) is 109 Å². The lowest BCUT2D eigenvalue weighted by Gasteiger charge is -2.41. The van der Waals surface area contributed by atoms with E-state index in [1.807, 2.05) is 74.5 Å². The van der Waals surface area contributed by atoms with Crippen LogP contribution in [0.4, 0.5) is 0 Å². The molecule has 268 valence electrons. The molecule has 0 aliphatic carbocycles. The number of carbonyl (C=O) groups excluding carboxylic acids is 4. The van der Waals surface area contributed by atoms with Gasteiger partial charge in [0.15, 0.2) is 0 Å². The smallest absolute Gasteiger partial charge is 0.313 e. The number of nitrogens with zero attached hydrogens (tertiary/aromatic N) is 2. The molecule has 0 aromatic heterocycles. The van der Waals surface area contributed by atoms with E-state index in [0.29, 0.717) is 24.8 Å². The Kier molecular flexibility index (Phi) is 12.3. The van der Waals surface area contributed by atoms with Crippen LogP contribution in [0.3, 0.4) is 0 Å². The number of allylic oxidation sites excluding steroid dienone is 1. The van der Waals surface area contributed by atoms with Crippen molar-refractivity contribution in [3.63, 3.8) is 0 Å². The van der Waals surface area contributed by atoms with E-state index in [1.165, 1.54) is 4.90 Å². The van der Waals surface area contributed by atoms with Crippen molar-refractivity contribution in [3.05, 3.63) is 97.1 Å². The van der Waals surface area contributed by atoms with Gasteiger partial charge in [0.1, 0.15) is 17.7 Å². The Morgan fingerprint density at radius 1 is 1.14 bits per heavy atom. The molecule has 3 heterocycles. The highest BCUT2D eigenvalue weighted by atomic mass is 79.9. The second-order valence-electron chi connectivity index (χ2n) is 13.5. The molecule has 1 unspecified atom stereocenters. The maximum absolute atomic E-state index is 14.9. The minimum Gasteiger partial charge on any atom is -0.455 e. The van der Waals surface area contributed by atoms with Crippen molar-refractivity contribution in [2.24, 2.45) is 17.8 Å². The van der Waals surface area contributed by atoms with Crippen LogP contribution in [0, 0.1) is 17.8 Å². The summed E-state index contributed by atoms with van der Waals surface area (Å²) in [5.74, 6) is -3.76. The van der Waals surface area contributed by atoms with Gasteiger partial charge in [0.2, 0.25) is 17.7 Å². The van der Waals surface area contributed by atoms with Crippen LogP contribution in [0.15, 0.2) is 86.0 Å². The molecule has 2 N–H and O–H groups in total. The molecule has 3 saturated heterocycles. The van der Waals surface area contributed by atoms with Gasteiger partial charge < -0.3 is 29.7 Å². The average Bonchev–Trinajstić information content (AvgIpc) is 3.72. The average molecular weight is 751 g/mol. The zero-order valence-corrected chi connectivity index (χ0v) is 30.4. The number of hydrogen-bond acceptors (Lipinski definition) is 7. The number of likely N-dealkylation sites (tertiary alicyclic amines) is 1. The summed E-state index contributed by atoms with van der Waals surface area (Å²) >= 11 is 3.74. The van der Waals surface area contributed by atoms with E-state index in [4.69, 9.17) is 9.47 Å². The molecule has 3 aliphatic heterocycles. The number of amides is 3. The number of nitrogens with one attached hydrogen (secondary N) is 1. The van der Waals surface area contributed by atoms with Crippen molar-refractivity contribution in [1.82, 2.24) is 15.1 Å². The normalized spacial score (nSPS) is 26.8. The number of alkyl halides is 1. The van der Waals surface area contributed by atoms with Crippen LogP contribution in [0.1, 0.15) is 56.8 Å². The van der Waals surface area contributed by atoms with Gasteiger partial charge in [-0.3, -0.25) is 19.2 Å². The highest BCUT2D eigenvalue weighted by molar-refractivity contribution is 9.09. The third kappa shape index (κ3) is 7.31. The molecular weight excluding hydrogens is 702 g/mol. The number of halogens is 1. The van der Waals surface area contributed by atoms with Crippen molar-refractivity contribution in [2.75, 3.05) is 19.7 Å². The lowest BCUT2D eigenvalue weighted by atomic mass is 9.70. The maximum Gasteiger partial charge on any atom is 0.313 e. The fourth-order valence-corrected chi connectivity index (χ4v) is 8.74. The molecule has 5 rings (SSSR count). The van der Waals surface area contributed by atoms with Crippen LogP contribution >= 0.6 is 15.9 Å². The topological polar surface area (TPSA) is 125 Å². The van der Waals surface area contributed by atoms with Gasteiger partial charge in [-0.05, 0) is 29.9 Å². The second kappa shape index (κ2) is 16.5. The first-order valence-corrected chi connectivity index (χ1v) is 18.3. The van der Waals surface area contributed by atoms with Crippen LogP contribution in [0.2, 0.25) is 0 Å². The molecule has 10 nitrogen and oxygen atoms in total. The molecule has 2 aromatic rings. The van der Waals surface area contributed by atoms with E-state index >= 15 is 0 Å². The predicted molar refractivity (Wildman–Crippen MR) is 193 cm³/mol. The SMILES string of the molecule is C=CCCC(=O)NC[C@@H](OC(=O)[C@H]1[C@@H]2O[C@@]3(CC2Br)[C@@H]1C(=O)N([C@@H](CO)[C@@H](C)CC)[C@@H]3C(=O)N(CC=C)Cc1ccccc1)c1ccccc1. The summed E-state index contributed by atoms with van der Waals surface area (Å²) < 4.78 is 12.9. The van der Waals surface area contributed by atoms with Crippen LogP contribution in [0.5, 0.6) is 0 Å². The number of carbonyl (C=O) groups is 4. The number of benzene rings is 2. The summed E-state index contributed by atoms with van der Waals surface area (Å²) in [5.41, 5.74) is 0.257. The van der Waals surface area contributed by atoms with Gasteiger partial charge in [-0.2, -0.15) is 0 Å². The van der Waals surface area contributed by atoms with Crippen molar-refractivity contribution < 1.29 is 33.8 Å². The van der Waals surface area contributed by atoms with Crippen LogP contribution < -0.4 is 5.32 Å². The number of hydrogen-bond donors (Lipinski definition) is 2. The van der Waals surface area contributed by atoms with Gasteiger partial charge in [0, 0.05) is 24.3 Å². The summed E-state index contributed by atoms with van der Waals surface area (Å²) in [5, 5.41) is 13.6. The minimum absolute atomic E-state index is 0.0370. The molecule has 2 aromatic carbocycles. The Balaban J connectivity index is 1.51. The lowest BCUT2D eigenvalue weighted by molar-refractivity contribution is -0.161. The first-order chi connectivity index (χ1) is 24.1. The third-order valence-electron chi connectivity index (χ3n) is 10.4. The Morgan fingerprint density at radius 3 is 2.44 bits per heavy atom. The first kappa shape index (κ1) is 37.5. The van der Waals surface area contributed by atoms with Gasteiger partial charge in [-0.15, -0.1) is 13.2 Å². The van der Waals surface area contributed by atoms with Crippen LogP contribution in [-0.4, -0.2) is 86.9 Å². The summed E-state index contributed by atoms with van der Waals surface area (Å²) in [6, 6.07) is 16.9. The van der Waals surface area contributed by atoms with E-state index in [9.17, 15) is 24.3 Å². The Bertz CT molecular complexity index is 1540. The summed E-state index contributed by atoms with van der Waals surface area (Å²) in [4.78, 5) is 59.4. The second-order valence-corrected chi connectivity index (χ2v) is 14.7. The van der Waals surface area contributed by atoms with Crippen molar-refractivity contribution in [1.29, 1.82) is 0 Å². The molecule has 3 amide bonds. The van der Waals surface area contributed by atoms with Gasteiger partial charge >= 0.3 is 5.97 Å². The number of rotatable bonds is 17. The number of fused-ring (bicyclic) bond motifs is 1. The van der Waals surface area contributed by atoms with Crippen molar-refractivity contribution in [2.45, 2.75) is 80.8 Å². The Morgan fingerprint density at radius 2 is 1.82 bits per heavy atom. The predicted octanol–water partition coefficient (Wildman–Crippen LogP) is 4.72. The third-order valence-corrected chi connectivity index (χ3v) is 11.3. The highest BCUT2D eigenvalue weighted by Crippen LogP contribution is 2.61. The summed E-state index contributed by atoms with van der Waals surface area (Å²) in [6.45, 7) is 11.7. The molecule has 1 spiro atoms. The van der Waals surface area contributed by atoms with E-state index in [1.54, 1.807) is 17.1 Å². The number of esters is 1. The molecule has 3 fully saturated rings. The summed E-state index contributed by atoms with van der Waals surface area (Å²) in [7, 11) is 0. The van der Waals surface area contributed by atoms with Crippen LogP contribution in [-0.2, 0) is 35.2 Å². The molecule has 9 atom stereocenters. The molecule has 3 aliphatic rings. The van der Waals surface area contributed by atoms with Gasteiger partial charge in [0.25, 0.3) is 0 Å². The van der Waals surface area contributed by atoms with Crippen LogP contribution in [0.25, 0.3) is 0 Å². The van der Waals surface area contributed by atoms with Crippen molar-refractivity contribution in [3.8, 4) is 0 Å². The van der Waals surface area contributed by atoms with E-state index in [2.05, 4.69) is 34.4 Å².